The molecule has 0 saturated carbocycles. The van der Waals surface area contributed by atoms with E-state index in [-0.39, 0.29) is 11.1 Å². The molecular weight excluding hydrogens is 370 g/mol. The van der Waals surface area contributed by atoms with Crippen LogP contribution in [0.15, 0.2) is 60.7 Å². The second-order valence-corrected chi connectivity index (χ2v) is 7.20. The summed E-state index contributed by atoms with van der Waals surface area (Å²) in [4.78, 5) is 11.7. The van der Waals surface area contributed by atoms with Crippen molar-refractivity contribution >= 4 is 5.97 Å². The molecule has 0 unspecified atom stereocenters. The highest BCUT2D eigenvalue weighted by Crippen LogP contribution is 2.31. The van der Waals surface area contributed by atoms with Crippen LogP contribution < -0.4 is 0 Å². The number of halogens is 2. The summed E-state index contributed by atoms with van der Waals surface area (Å²) >= 11 is 0. The Morgan fingerprint density at radius 1 is 0.828 bits per heavy atom. The molecule has 0 aromatic heterocycles. The van der Waals surface area contributed by atoms with Crippen LogP contribution >= 0.6 is 0 Å². The molecule has 1 N–H and O–H groups in total. The quantitative estimate of drug-likeness (QED) is 0.413. The third kappa shape index (κ3) is 5.08. The largest absolute Gasteiger partial charge is 0.478 e. The van der Waals surface area contributed by atoms with Gasteiger partial charge in [-0.15, -0.1) is 0 Å². The molecule has 0 amide bonds. The maximum absolute atomic E-state index is 14.2. The maximum Gasteiger partial charge on any atom is 0.336 e. The summed E-state index contributed by atoms with van der Waals surface area (Å²) in [6.45, 7) is 2.18. The zero-order valence-corrected chi connectivity index (χ0v) is 16.4. The second-order valence-electron chi connectivity index (χ2n) is 7.20. The number of aromatic carboxylic acids is 1. The Balaban J connectivity index is 1.93. The van der Waals surface area contributed by atoms with Crippen molar-refractivity contribution < 1.29 is 18.7 Å². The Morgan fingerprint density at radius 2 is 1.55 bits per heavy atom. The number of unbranched alkanes of at least 4 members (excludes halogenated alkanes) is 3. The summed E-state index contributed by atoms with van der Waals surface area (Å²) in [5, 5.41) is 9.58. The van der Waals surface area contributed by atoms with Crippen LogP contribution in [0, 0.1) is 11.6 Å². The van der Waals surface area contributed by atoms with Gasteiger partial charge in [0.1, 0.15) is 11.6 Å². The van der Waals surface area contributed by atoms with Crippen molar-refractivity contribution in [2.24, 2.45) is 0 Å². The lowest BCUT2D eigenvalue weighted by molar-refractivity contribution is 0.0697. The Morgan fingerprint density at radius 3 is 2.21 bits per heavy atom. The molecule has 0 spiro atoms. The van der Waals surface area contributed by atoms with Crippen LogP contribution in [-0.4, -0.2) is 11.1 Å². The molecule has 0 fully saturated rings. The average molecular weight is 394 g/mol. The molecule has 3 aromatic rings. The van der Waals surface area contributed by atoms with Crippen LogP contribution in [0.2, 0.25) is 0 Å². The van der Waals surface area contributed by atoms with E-state index in [9.17, 15) is 18.7 Å². The standard InChI is InChI=1S/C25H24F2O2/c1-2-3-4-5-6-17-7-9-18(10-8-17)23-15-19(11-13-22(23)25(28)29)21-14-12-20(26)16-24(21)27/h7-16H,2-6H2,1H3,(H,28,29). The number of rotatable bonds is 8. The lowest BCUT2D eigenvalue weighted by Gasteiger charge is -2.11. The number of carbonyl (C=O) groups is 1. The fraction of sp³-hybridized carbons (Fsp3) is 0.240. The number of carboxylic acid groups (broad SMARTS) is 1. The van der Waals surface area contributed by atoms with Gasteiger partial charge >= 0.3 is 5.97 Å². The topological polar surface area (TPSA) is 37.3 Å². The molecule has 150 valence electrons. The van der Waals surface area contributed by atoms with Crippen molar-refractivity contribution in [1.29, 1.82) is 0 Å². The van der Waals surface area contributed by atoms with Crippen molar-refractivity contribution in [2.45, 2.75) is 39.0 Å². The van der Waals surface area contributed by atoms with Gasteiger partial charge in [0.15, 0.2) is 0 Å². The molecule has 3 aromatic carbocycles. The van der Waals surface area contributed by atoms with Crippen LogP contribution in [0.5, 0.6) is 0 Å². The van der Waals surface area contributed by atoms with E-state index in [1.807, 2.05) is 24.3 Å². The summed E-state index contributed by atoms with van der Waals surface area (Å²) < 4.78 is 27.4. The van der Waals surface area contributed by atoms with E-state index in [0.29, 0.717) is 11.1 Å². The molecule has 0 aliphatic rings. The number of carboxylic acids is 1. The van der Waals surface area contributed by atoms with E-state index < -0.39 is 17.6 Å². The van der Waals surface area contributed by atoms with E-state index in [0.717, 1.165) is 24.5 Å². The molecule has 3 rings (SSSR count). The lowest BCUT2D eigenvalue weighted by Crippen LogP contribution is -2.00. The second kappa shape index (κ2) is 9.46. The number of hydrogen-bond acceptors (Lipinski definition) is 1. The summed E-state index contributed by atoms with van der Waals surface area (Å²) in [5.74, 6) is -2.38. The van der Waals surface area contributed by atoms with E-state index in [1.54, 1.807) is 12.1 Å². The van der Waals surface area contributed by atoms with Crippen molar-refractivity contribution in [3.63, 3.8) is 0 Å². The fourth-order valence-electron chi connectivity index (χ4n) is 3.47. The van der Waals surface area contributed by atoms with Crippen molar-refractivity contribution in [3.05, 3.63) is 83.4 Å². The van der Waals surface area contributed by atoms with Gasteiger partial charge < -0.3 is 5.11 Å². The van der Waals surface area contributed by atoms with Crippen molar-refractivity contribution in [1.82, 2.24) is 0 Å². The molecule has 2 nitrogen and oxygen atoms in total. The van der Waals surface area contributed by atoms with Gasteiger partial charge in [-0.25, -0.2) is 13.6 Å². The molecule has 0 saturated heterocycles. The van der Waals surface area contributed by atoms with Crippen molar-refractivity contribution in [3.8, 4) is 22.3 Å². The fourth-order valence-corrected chi connectivity index (χ4v) is 3.47. The molecule has 0 atom stereocenters. The van der Waals surface area contributed by atoms with Gasteiger partial charge in [-0.1, -0.05) is 56.5 Å². The molecular formula is C25H24F2O2. The lowest BCUT2D eigenvalue weighted by atomic mass is 9.93. The van der Waals surface area contributed by atoms with E-state index >= 15 is 0 Å². The predicted octanol–water partition coefficient (Wildman–Crippen LogP) is 7.12. The highest BCUT2D eigenvalue weighted by Gasteiger charge is 2.15. The molecule has 0 radical (unpaired) electrons. The number of benzene rings is 3. The third-order valence-electron chi connectivity index (χ3n) is 5.08. The predicted molar refractivity (Wildman–Crippen MR) is 112 cm³/mol. The normalized spacial score (nSPS) is 10.9. The zero-order valence-electron chi connectivity index (χ0n) is 16.4. The molecule has 29 heavy (non-hydrogen) atoms. The highest BCUT2D eigenvalue weighted by molar-refractivity contribution is 5.97. The van der Waals surface area contributed by atoms with Crippen molar-refractivity contribution in [2.75, 3.05) is 0 Å². The van der Waals surface area contributed by atoms with Gasteiger partial charge in [-0.05, 0) is 59.4 Å². The smallest absolute Gasteiger partial charge is 0.336 e. The first-order chi connectivity index (χ1) is 14.0. The Kier molecular flexibility index (Phi) is 6.76. The first-order valence-electron chi connectivity index (χ1n) is 9.91. The Labute approximate surface area is 169 Å². The minimum Gasteiger partial charge on any atom is -0.478 e. The van der Waals surface area contributed by atoms with Gasteiger partial charge in [0, 0.05) is 11.6 Å². The first kappa shape index (κ1) is 20.7. The Bertz CT molecular complexity index is 994. The minimum atomic E-state index is -1.05. The van der Waals surface area contributed by atoms with Crippen LogP contribution in [0.1, 0.15) is 48.5 Å². The molecule has 4 heteroatoms. The van der Waals surface area contributed by atoms with Gasteiger partial charge in [-0.3, -0.25) is 0 Å². The summed E-state index contributed by atoms with van der Waals surface area (Å²) in [7, 11) is 0. The van der Waals surface area contributed by atoms with Crippen LogP contribution in [0.4, 0.5) is 8.78 Å². The third-order valence-corrected chi connectivity index (χ3v) is 5.08. The number of aryl methyl sites for hydroxylation is 1. The van der Waals surface area contributed by atoms with E-state index in [4.69, 9.17) is 0 Å². The summed E-state index contributed by atoms with van der Waals surface area (Å²) in [5.41, 5.74) is 3.36. The molecule has 0 aliphatic heterocycles. The Hall–Kier alpha value is -3.01. The first-order valence-corrected chi connectivity index (χ1v) is 9.91. The van der Waals surface area contributed by atoms with Gasteiger partial charge in [0.2, 0.25) is 0 Å². The highest BCUT2D eigenvalue weighted by atomic mass is 19.1. The zero-order chi connectivity index (χ0) is 20.8. The van der Waals surface area contributed by atoms with E-state index in [1.165, 1.54) is 43.0 Å². The molecule has 0 bridgehead atoms. The SMILES string of the molecule is CCCCCCc1ccc(-c2cc(-c3ccc(F)cc3F)ccc2C(=O)O)cc1. The van der Waals surface area contributed by atoms with Gasteiger partial charge in [0.05, 0.1) is 5.56 Å². The minimum absolute atomic E-state index is 0.145. The van der Waals surface area contributed by atoms with E-state index in [2.05, 4.69) is 6.92 Å². The number of hydrogen-bond donors (Lipinski definition) is 1. The van der Waals surface area contributed by atoms with Crippen LogP contribution in [0.3, 0.4) is 0 Å². The molecule has 0 heterocycles. The summed E-state index contributed by atoms with van der Waals surface area (Å²) in [6, 6.07) is 15.9. The van der Waals surface area contributed by atoms with Gasteiger partial charge in [-0.2, -0.15) is 0 Å². The average Bonchev–Trinajstić information content (AvgIpc) is 2.71. The summed E-state index contributed by atoms with van der Waals surface area (Å²) in [6.07, 6.45) is 5.75. The van der Waals surface area contributed by atoms with Gasteiger partial charge in [0.25, 0.3) is 0 Å². The van der Waals surface area contributed by atoms with Crippen LogP contribution in [0.25, 0.3) is 22.3 Å². The monoisotopic (exact) mass is 394 g/mol. The van der Waals surface area contributed by atoms with Crippen LogP contribution in [-0.2, 0) is 6.42 Å². The maximum atomic E-state index is 14.2. The molecule has 0 aliphatic carbocycles.